The standard InChI is InChI=1S/C11H23NO4S/c1-5-7-10(2)12(3)17(14,15)9-6-8-11(13)16-4/h10H,5-9H2,1-4H3. The SMILES string of the molecule is CCCC(C)N(C)S(=O)(=O)CCCC(=O)OC. The van der Waals surface area contributed by atoms with Gasteiger partial charge in [0, 0.05) is 19.5 Å². The third-order valence-corrected chi connectivity index (χ3v) is 4.82. The van der Waals surface area contributed by atoms with Gasteiger partial charge in [0.15, 0.2) is 0 Å². The molecule has 0 aliphatic heterocycles. The van der Waals surface area contributed by atoms with Crippen LogP contribution in [0.3, 0.4) is 0 Å². The van der Waals surface area contributed by atoms with Crippen molar-refractivity contribution in [3.8, 4) is 0 Å². The van der Waals surface area contributed by atoms with Crippen molar-refractivity contribution >= 4 is 16.0 Å². The predicted octanol–water partition coefficient (Wildman–Crippen LogP) is 1.39. The number of carbonyl (C=O) groups excluding carboxylic acids is 1. The number of sulfonamides is 1. The summed E-state index contributed by atoms with van der Waals surface area (Å²) in [6, 6.07) is 0.00290. The van der Waals surface area contributed by atoms with E-state index in [9.17, 15) is 13.2 Å². The Balaban J connectivity index is 4.23. The minimum atomic E-state index is -3.26. The highest BCUT2D eigenvalue weighted by atomic mass is 32.2. The molecule has 0 aromatic heterocycles. The molecule has 0 radical (unpaired) electrons. The molecule has 0 fully saturated rings. The maximum atomic E-state index is 11.9. The topological polar surface area (TPSA) is 63.7 Å². The average molecular weight is 265 g/mol. The number of rotatable bonds is 8. The first-order valence-corrected chi connectivity index (χ1v) is 7.48. The second kappa shape index (κ2) is 7.66. The largest absolute Gasteiger partial charge is 0.469 e. The van der Waals surface area contributed by atoms with Crippen LogP contribution in [-0.2, 0) is 19.6 Å². The van der Waals surface area contributed by atoms with Crippen molar-refractivity contribution in [1.29, 1.82) is 0 Å². The zero-order valence-corrected chi connectivity index (χ0v) is 11.9. The van der Waals surface area contributed by atoms with E-state index in [2.05, 4.69) is 4.74 Å². The summed E-state index contributed by atoms with van der Waals surface area (Å²) in [5.41, 5.74) is 0. The number of methoxy groups -OCH3 is 1. The Morgan fingerprint density at radius 3 is 2.47 bits per heavy atom. The molecule has 5 nitrogen and oxygen atoms in total. The maximum absolute atomic E-state index is 11.9. The number of esters is 1. The van der Waals surface area contributed by atoms with Crippen molar-refractivity contribution < 1.29 is 17.9 Å². The summed E-state index contributed by atoms with van der Waals surface area (Å²) in [4.78, 5) is 10.9. The lowest BCUT2D eigenvalue weighted by Gasteiger charge is -2.23. The van der Waals surface area contributed by atoms with Gasteiger partial charge in [-0.15, -0.1) is 0 Å². The van der Waals surface area contributed by atoms with Gasteiger partial charge in [0.1, 0.15) is 0 Å². The predicted molar refractivity (Wildman–Crippen MR) is 67.2 cm³/mol. The zero-order valence-electron chi connectivity index (χ0n) is 11.1. The zero-order chi connectivity index (χ0) is 13.5. The summed E-state index contributed by atoms with van der Waals surface area (Å²) >= 11 is 0. The molecular formula is C11H23NO4S. The Morgan fingerprint density at radius 1 is 1.41 bits per heavy atom. The van der Waals surface area contributed by atoms with Gasteiger partial charge in [-0.25, -0.2) is 12.7 Å². The lowest BCUT2D eigenvalue weighted by Crippen LogP contribution is -2.36. The van der Waals surface area contributed by atoms with Gasteiger partial charge in [-0.2, -0.15) is 0 Å². The van der Waals surface area contributed by atoms with Crippen LogP contribution in [0.4, 0.5) is 0 Å². The first-order chi connectivity index (χ1) is 7.85. The monoisotopic (exact) mass is 265 g/mol. The molecule has 0 aromatic rings. The molecule has 0 rings (SSSR count). The number of carbonyl (C=O) groups is 1. The van der Waals surface area contributed by atoms with E-state index in [0.29, 0.717) is 6.42 Å². The van der Waals surface area contributed by atoms with E-state index in [1.807, 2.05) is 13.8 Å². The fourth-order valence-electron chi connectivity index (χ4n) is 1.52. The highest BCUT2D eigenvalue weighted by molar-refractivity contribution is 7.89. The molecule has 0 spiro atoms. The molecule has 0 aliphatic carbocycles. The van der Waals surface area contributed by atoms with Gasteiger partial charge in [0.05, 0.1) is 12.9 Å². The van der Waals surface area contributed by atoms with Gasteiger partial charge in [-0.1, -0.05) is 13.3 Å². The van der Waals surface area contributed by atoms with E-state index < -0.39 is 10.0 Å². The molecule has 102 valence electrons. The van der Waals surface area contributed by atoms with Crippen molar-refractivity contribution in [3.05, 3.63) is 0 Å². The average Bonchev–Trinajstić information content (AvgIpc) is 2.27. The Bertz CT molecular complexity index is 326. The van der Waals surface area contributed by atoms with Crippen LogP contribution in [0.5, 0.6) is 0 Å². The van der Waals surface area contributed by atoms with Gasteiger partial charge in [0.2, 0.25) is 10.0 Å². The summed E-state index contributed by atoms with van der Waals surface area (Å²) in [6.07, 6.45) is 2.24. The van der Waals surface area contributed by atoms with Gasteiger partial charge < -0.3 is 4.74 Å². The van der Waals surface area contributed by atoms with E-state index >= 15 is 0 Å². The minimum absolute atomic E-state index is 0.00290. The Kier molecular flexibility index (Phi) is 7.38. The van der Waals surface area contributed by atoms with Crippen LogP contribution in [0.25, 0.3) is 0 Å². The summed E-state index contributed by atoms with van der Waals surface area (Å²) in [6.45, 7) is 3.91. The fourth-order valence-corrected chi connectivity index (χ4v) is 2.97. The molecule has 0 saturated heterocycles. The molecule has 0 aromatic carbocycles. The minimum Gasteiger partial charge on any atom is -0.469 e. The highest BCUT2D eigenvalue weighted by Gasteiger charge is 2.22. The lowest BCUT2D eigenvalue weighted by atomic mass is 10.2. The van der Waals surface area contributed by atoms with Gasteiger partial charge in [-0.05, 0) is 19.8 Å². The van der Waals surface area contributed by atoms with Crippen molar-refractivity contribution in [2.75, 3.05) is 19.9 Å². The summed E-state index contributed by atoms with van der Waals surface area (Å²) in [5, 5.41) is 0. The fraction of sp³-hybridized carbons (Fsp3) is 0.909. The van der Waals surface area contributed by atoms with Crippen LogP contribution < -0.4 is 0 Å². The van der Waals surface area contributed by atoms with Crippen LogP contribution in [0.15, 0.2) is 0 Å². The summed E-state index contributed by atoms with van der Waals surface area (Å²) < 4.78 is 29.6. The molecule has 1 unspecified atom stereocenters. The molecule has 0 N–H and O–H groups in total. The van der Waals surface area contributed by atoms with Crippen molar-refractivity contribution in [2.24, 2.45) is 0 Å². The van der Waals surface area contributed by atoms with Crippen LogP contribution in [-0.4, -0.2) is 44.6 Å². The molecule has 0 heterocycles. The molecule has 1 atom stereocenters. The van der Waals surface area contributed by atoms with Gasteiger partial charge in [-0.3, -0.25) is 4.79 Å². The second-order valence-corrected chi connectivity index (χ2v) is 6.30. The third kappa shape index (κ3) is 6.02. The molecule has 0 bridgehead atoms. The van der Waals surface area contributed by atoms with E-state index in [0.717, 1.165) is 12.8 Å². The molecule has 6 heteroatoms. The van der Waals surface area contributed by atoms with Crippen LogP contribution in [0.1, 0.15) is 39.5 Å². The second-order valence-electron chi connectivity index (χ2n) is 4.15. The number of hydrogen-bond donors (Lipinski definition) is 0. The molecule has 0 aliphatic rings. The van der Waals surface area contributed by atoms with Crippen LogP contribution in [0, 0.1) is 0 Å². The van der Waals surface area contributed by atoms with Crippen molar-refractivity contribution in [2.45, 2.75) is 45.6 Å². The number of ether oxygens (including phenoxy) is 1. The maximum Gasteiger partial charge on any atom is 0.305 e. The lowest BCUT2D eigenvalue weighted by molar-refractivity contribution is -0.140. The van der Waals surface area contributed by atoms with Gasteiger partial charge >= 0.3 is 5.97 Å². The Hall–Kier alpha value is -0.620. The molecular weight excluding hydrogens is 242 g/mol. The van der Waals surface area contributed by atoms with Crippen LogP contribution >= 0.6 is 0 Å². The Labute approximate surface area is 104 Å². The first kappa shape index (κ1) is 16.4. The highest BCUT2D eigenvalue weighted by Crippen LogP contribution is 2.11. The molecule has 0 saturated carbocycles. The first-order valence-electron chi connectivity index (χ1n) is 5.87. The van der Waals surface area contributed by atoms with E-state index in [4.69, 9.17) is 0 Å². The summed E-state index contributed by atoms with van der Waals surface area (Å²) in [7, 11) is -0.371. The Morgan fingerprint density at radius 2 is 2.00 bits per heavy atom. The number of hydrogen-bond acceptors (Lipinski definition) is 4. The van der Waals surface area contributed by atoms with Crippen LogP contribution in [0.2, 0.25) is 0 Å². The molecule has 0 amide bonds. The quantitative estimate of drug-likeness (QED) is 0.622. The smallest absolute Gasteiger partial charge is 0.305 e. The van der Waals surface area contributed by atoms with E-state index in [1.165, 1.54) is 11.4 Å². The number of nitrogens with zero attached hydrogens (tertiary/aromatic N) is 1. The van der Waals surface area contributed by atoms with E-state index in [-0.39, 0.29) is 24.2 Å². The normalized spacial score (nSPS) is 13.7. The van der Waals surface area contributed by atoms with Gasteiger partial charge in [0.25, 0.3) is 0 Å². The van der Waals surface area contributed by atoms with E-state index in [1.54, 1.807) is 7.05 Å². The van der Waals surface area contributed by atoms with Crippen molar-refractivity contribution in [1.82, 2.24) is 4.31 Å². The summed E-state index contributed by atoms with van der Waals surface area (Å²) in [5.74, 6) is -0.378. The third-order valence-electron chi connectivity index (χ3n) is 2.78. The van der Waals surface area contributed by atoms with Crippen molar-refractivity contribution in [3.63, 3.8) is 0 Å². The molecule has 17 heavy (non-hydrogen) atoms.